The summed E-state index contributed by atoms with van der Waals surface area (Å²) in [6.45, 7) is 2.13. The minimum absolute atomic E-state index is 0.109. The fourth-order valence-electron chi connectivity index (χ4n) is 3.69. The topological polar surface area (TPSA) is 55.1 Å². The van der Waals surface area contributed by atoms with E-state index in [-0.39, 0.29) is 11.9 Å². The van der Waals surface area contributed by atoms with E-state index in [0.29, 0.717) is 12.3 Å². The summed E-state index contributed by atoms with van der Waals surface area (Å²) < 4.78 is 0. The summed E-state index contributed by atoms with van der Waals surface area (Å²) in [4.78, 5) is 11.6. The fourth-order valence-corrected chi connectivity index (χ4v) is 3.69. The van der Waals surface area contributed by atoms with Crippen molar-refractivity contribution in [1.82, 2.24) is 0 Å². The van der Waals surface area contributed by atoms with Crippen molar-refractivity contribution < 1.29 is 4.79 Å². The summed E-state index contributed by atoms with van der Waals surface area (Å²) in [5.41, 5.74) is 11.1. The van der Waals surface area contributed by atoms with E-state index in [1.165, 1.54) is 43.2 Å². The molecule has 0 radical (unpaired) electrons. The van der Waals surface area contributed by atoms with Gasteiger partial charge in [0, 0.05) is 11.7 Å². The van der Waals surface area contributed by atoms with Crippen molar-refractivity contribution in [2.45, 2.75) is 57.9 Å². The summed E-state index contributed by atoms with van der Waals surface area (Å²) in [5, 5.41) is 2.98. The molecule has 2 aliphatic rings. The van der Waals surface area contributed by atoms with Crippen molar-refractivity contribution in [3.05, 3.63) is 28.8 Å². The number of rotatable bonds is 3. The van der Waals surface area contributed by atoms with Crippen molar-refractivity contribution in [1.29, 1.82) is 0 Å². The number of fused-ring (bicyclic) bond motifs is 1. The van der Waals surface area contributed by atoms with Crippen LogP contribution in [0.1, 0.15) is 61.8 Å². The van der Waals surface area contributed by atoms with Gasteiger partial charge in [0.1, 0.15) is 0 Å². The molecule has 1 aromatic rings. The van der Waals surface area contributed by atoms with E-state index in [4.69, 9.17) is 5.73 Å². The summed E-state index contributed by atoms with van der Waals surface area (Å²) in [6.07, 6.45) is 7.91. The van der Waals surface area contributed by atoms with Gasteiger partial charge in [-0.05, 0) is 41.9 Å². The quantitative estimate of drug-likeness (QED) is 0.886. The van der Waals surface area contributed by atoms with E-state index in [1.54, 1.807) is 0 Å². The largest absolute Gasteiger partial charge is 0.325 e. The van der Waals surface area contributed by atoms with Crippen molar-refractivity contribution in [3.63, 3.8) is 0 Å². The third-order valence-corrected chi connectivity index (χ3v) is 4.86. The van der Waals surface area contributed by atoms with Crippen LogP contribution in [0, 0.1) is 5.92 Å². The zero-order chi connectivity index (χ0) is 14.1. The number of hydrogen-bond acceptors (Lipinski definition) is 2. The van der Waals surface area contributed by atoms with Gasteiger partial charge in [0.05, 0.1) is 6.42 Å². The predicted molar refractivity (Wildman–Crippen MR) is 81.7 cm³/mol. The molecule has 1 heterocycles. The normalized spacial score (nSPS) is 20.6. The third kappa shape index (κ3) is 2.47. The second-order valence-corrected chi connectivity index (χ2v) is 6.22. The average Bonchev–Trinajstić information content (AvgIpc) is 2.86. The molecule has 1 aliphatic carbocycles. The zero-order valence-corrected chi connectivity index (χ0v) is 12.2. The number of benzene rings is 1. The molecule has 0 bridgehead atoms. The van der Waals surface area contributed by atoms with Gasteiger partial charge in [0.2, 0.25) is 5.91 Å². The van der Waals surface area contributed by atoms with Crippen LogP contribution in [0.3, 0.4) is 0 Å². The van der Waals surface area contributed by atoms with Gasteiger partial charge in [-0.2, -0.15) is 0 Å². The first-order valence-electron chi connectivity index (χ1n) is 7.90. The van der Waals surface area contributed by atoms with Crippen LogP contribution in [0.5, 0.6) is 0 Å². The Kier molecular flexibility index (Phi) is 3.79. The molecule has 1 unspecified atom stereocenters. The molecule has 1 amide bonds. The van der Waals surface area contributed by atoms with Crippen molar-refractivity contribution >= 4 is 11.6 Å². The van der Waals surface area contributed by atoms with Gasteiger partial charge in [0.25, 0.3) is 0 Å². The number of nitrogens with two attached hydrogens (primary N) is 1. The van der Waals surface area contributed by atoms with Crippen LogP contribution in [0.2, 0.25) is 0 Å². The summed E-state index contributed by atoms with van der Waals surface area (Å²) in [6, 6.07) is 4.50. The lowest BCUT2D eigenvalue weighted by Gasteiger charge is -2.28. The maximum absolute atomic E-state index is 11.6. The molecular weight excluding hydrogens is 248 g/mol. The number of hydrogen-bond donors (Lipinski definition) is 2. The maximum Gasteiger partial charge on any atom is 0.228 e. The van der Waals surface area contributed by atoms with Gasteiger partial charge in [-0.3, -0.25) is 4.79 Å². The van der Waals surface area contributed by atoms with Crippen molar-refractivity contribution in [3.8, 4) is 0 Å². The highest BCUT2D eigenvalue weighted by molar-refractivity contribution is 6.00. The molecule has 20 heavy (non-hydrogen) atoms. The molecule has 1 saturated carbocycles. The fraction of sp³-hybridized carbons (Fsp3) is 0.588. The zero-order valence-electron chi connectivity index (χ0n) is 12.2. The minimum Gasteiger partial charge on any atom is -0.325 e. The Morgan fingerprint density at radius 3 is 2.75 bits per heavy atom. The number of carbonyl (C=O) groups is 1. The first-order valence-corrected chi connectivity index (χ1v) is 7.90. The summed E-state index contributed by atoms with van der Waals surface area (Å²) >= 11 is 0. The van der Waals surface area contributed by atoms with Crippen LogP contribution in [0.25, 0.3) is 0 Å². The Morgan fingerprint density at radius 1 is 1.30 bits per heavy atom. The van der Waals surface area contributed by atoms with Crippen molar-refractivity contribution in [2.75, 3.05) is 5.32 Å². The van der Waals surface area contributed by atoms with Crippen LogP contribution in [-0.4, -0.2) is 5.91 Å². The van der Waals surface area contributed by atoms with Gasteiger partial charge in [-0.15, -0.1) is 0 Å². The lowest BCUT2D eigenvalue weighted by atomic mass is 9.80. The monoisotopic (exact) mass is 272 g/mol. The molecular formula is C17H24N2O. The first-order chi connectivity index (χ1) is 9.69. The van der Waals surface area contributed by atoms with Gasteiger partial charge in [-0.25, -0.2) is 0 Å². The van der Waals surface area contributed by atoms with Gasteiger partial charge in [-0.1, -0.05) is 38.3 Å². The Labute approximate surface area is 120 Å². The lowest BCUT2D eigenvalue weighted by molar-refractivity contribution is -0.115. The number of anilines is 1. The number of amides is 1. The summed E-state index contributed by atoms with van der Waals surface area (Å²) in [5.74, 6) is 0.717. The Bertz CT molecular complexity index is 518. The lowest BCUT2D eigenvalue weighted by Crippen LogP contribution is -2.23. The molecule has 3 nitrogen and oxygen atoms in total. The molecule has 3 heteroatoms. The second kappa shape index (κ2) is 5.57. The molecule has 0 spiro atoms. The van der Waals surface area contributed by atoms with Gasteiger partial charge >= 0.3 is 0 Å². The third-order valence-electron chi connectivity index (χ3n) is 4.86. The molecule has 108 valence electrons. The smallest absolute Gasteiger partial charge is 0.228 e. The molecule has 3 N–H and O–H groups in total. The van der Waals surface area contributed by atoms with Crippen molar-refractivity contribution in [2.24, 2.45) is 11.7 Å². The SMILES string of the molecule is CCc1cc(C(N)C2CCCCC2)cc2c1NC(=O)C2. The Morgan fingerprint density at radius 2 is 2.05 bits per heavy atom. The second-order valence-electron chi connectivity index (χ2n) is 6.22. The van der Waals surface area contributed by atoms with Crippen LogP contribution >= 0.6 is 0 Å². The van der Waals surface area contributed by atoms with E-state index >= 15 is 0 Å². The van der Waals surface area contributed by atoms with Gasteiger partial charge < -0.3 is 11.1 Å². The Balaban J connectivity index is 1.90. The molecule has 0 aromatic heterocycles. The predicted octanol–water partition coefficient (Wildman–Crippen LogP) is 3.32. The van der Waals surface area contributed by atoms with E-state index in [0.717, 1.165) is 17.7 Å². The van der Waals surface area contributed by atoms with E-state index < -0.39 is 0 Å². The molecule has 1 aliphatic heterocycles. The maximum atomic E-state index is 11.6. The molecule has 0 saturated heterocycles. The van der Waals surface area contributed by atoms with Crippen LogP contribution < -0.4 is 11.1 Å². The molecule has 1 aromatic carbocycles. The first kappa shape index (κ1) is 13.6. The molecule has 1 atom stereocenters. The molecule has 3 rings (SSSR count). The number of aryl methyl sites for hydroxylation is 1. The average molecular weight is 272 g/mol. The standard InChI is InChI=1S/C17H24N2O/c1-2-11-8-13(9-14-10-15(20)19-17(11)14)16(18)12-6-4-3-5-7-12/h8-9,12,16H,2-7,10,18H2,1H3,(H,19,20). The van der Waals surface area contributed by atoms with Gasteiger partial charge in [0.15, 0.2) is 0 Å². The van der Waals surface area contributed by atoms with Crippen LogP contribution in [0.15, 0.2) is 12.1 Å². The Hall–Kier alpha value is -1.35. The number of carbonyl (C=O) groups excluding carboxylic acids is 1. The van der Waals surface area contributed by atoms with Crippen LogP contribution in [0.4, 0.5) is 5.69 Å². The highest BCUT2D eigenvalue weighted by Gasteiger charge is 2.26. The van der Waals surface area contributed by atoms with E-state index in [1.807, 2.05) is 0 Å². The number of nitrogens with one attached hydrogen (secondary N) is 1. The highest BCUT2D eigenvalue weighted by atomic mass is 16.1. The molecule has 1 fully saturated rings. The van der Waals surface area contributed by atoms with Crippen LogP contribution in [-0.2, 0) is 17.6 Å². The minimum atomic E-state index is 0.109. The highest BCUT2D eigenvalue weighted by Crippen LogP contribution is 2.36. The van der Waals surface area contributed by atoms with E-state index in [9.17, 15) is 4.79 Å². The summed E-state index contributed by atoms with van der Waals surface area (Å²) in [7, 11) is 0. The van der Waals surface area contributed by atoms with E-state index in [2.05, 4.69) is 24.4 Å².